The number of carbonyl (C=O) groups excluding carboxylic acids is 1. The van der Waals surface area contributed by atoms with Crippen LogP contribution in [0, 0.1) is 0 Å². The molecule has 0 aliphatic rings. The molecule has 0 aliphatic heterocycles. The lowest BCUT2D eigenvalue weighted by molar-refractivity contribution is -0.121. The van der Waals surface area contributed by atoms with Crippen molar-refractivity contribution < 1.29 is 24.9 Å². The Morgan fingerprint density at radius 3 is 2.50 bits per heavy atom. The highest BCUT2D eigenvalue weighted by molar-refractivity contribution is 5.87. The Balaban J connectivity index is 3.03. The van der Waals surface area contributed by atoms with E-state index in [2.05, 4.69) is 4.98 Å². The van der Waals surface area contributed by atoms with Crippen molar-refractivity contribution in [1.82, 2.24) is 4.98 Å². The fourth-order valence-electron chi connectivity index (χ4n) is 1.37. The molecule has 2 atom stereocenters. The van der Waals surface area contributed by atoms with Crippen LogP contribution >= 0.6 is 0 Å². The van der Waals surface area contributed by atoms with Crippen molar-refractivity contribution in [3.8, 4) is 0 Å². The van der Waals surface area contributed by atoms with Gasteiger partial charge in [-0.3, -0.25) is 4.79 Å². The molecule has 8 heteroatoms. The van der Waals surface area contributed by atoms with Gasteiger partial charge in [-0.25, -0.2) is 9.78 Å². The lowest BCUT2D eigenvalue weighted by Crippen LogP contribution is -2.26. The number of primary amides is 1. The summed E-state index contributed by atoms with van der Waals surface area (Å²) in [4.78, 5) is 24.9. The van der Waals surface area contributed by atoms with Gasteiger partial charge in [0.15, 0.2) is 0 Å². The molecule has 8 nitrogen and oxygen atoms in total. The van der Waals surface area contributed by atoms with Gasteiger partial charge in [-0.15, -0.1) is 0 Å². The van der Waals surface area contributed by atoms with Crippen LogP contribution in [-0.4, -0.2) is 38.3 Å². The predicted octanol–water partition coefficient (Wildman–Crippen LogP) is -1.37. The summed E-state index contributed by atoms with van der Waals surface area (Å²) >= 11 is 0. The van der Waals surface area contributed by atoms with Crippen LogP contribution < -0.4 is 11.5 Å². The summed E-state index contributed by atoms with van der Waals surface area (Å²) in [5, 5.41) is 28.0. The van der Waals surface area contributed by atoms with Gasteiger partial charge in [0.25, 0.3) is 0 Å². The number of aliphatic hydroxyl groups excluding tert-OH is 2. The normalized spacial score (nSPS) is 13.9. The van der Waals surface area contributed by atoms with Gasteiger partial charge < -0.3 is 26.8 Å². The zero-order valence-corrected chi connectivity index (χ0v) is 9.28. The van der Waals surface area contributed by atoms with Gasteiger partial charge in [0.2, 0.25) is 5.91 Å². The van der Waals surface area contributed by atoms with E-state index < -0.39 is 30.5 Å². The minimum absolute atomic E-state index is 0.0661. The number of carbonyl (C=O) groups is 2. The van der Waals surface area contributed by atoms with Crippen molar-refractivity contribution in [3.05, 3.63) is 23.4 Å². The monoisotopic (exact) mass is 255 g/mol. The van der Waals surface area contributed by atoms with Gasteiger partial charge in [-0.1, -0.05) is 0 Å². The molecule has 98 valence electrons. The van der Waals surface area contributed by atoms with Crippen LogP contribution in [-0.2, 0) is 4.79 Å². The van der Waals surface area contributed by atoms with Gasteiger partial charge in [-0.05, 0) is 6.07 Å². The van der Waals surface area contributed by atoms with E-state index in [4.69, 9.17) is 16.6 Å². The third-order valence-electron chi connectivity index (χ3n) is 2.29. The molecule has 0 saturated carbocycles. The number of carboxylic acid groups (broad SMARTS) is 1. The van der Waals surface area contributed by atoms with Gasteiger partial charge in [0.1, 0.15) is 11.9 Å². The Morgan fingerprint density at radius 1 is 1.39 bits per heavy atom. The zero-order valence-electron chi connectivity index (χ0n) is 9.28. The van der Waals surface area contributed by atoms with Crippen molar-refractivity contribution in [1.29, 1.82) is 0 Å². The fraction of sp³-hybridized carbons (Fsp3) is 0.300. The van der Waals surface area contributed by atoms with Crippen molar-refractivity contribution in [2.45, 2.75) is 18.6 Å². The van der Waals surface area contributed by atoms with Crippen LogP contribution in [0.15, 0.2) is 12.3 Å². The van der Waals surface area contributed by atoms with Crippen molar-refractivity contribution >= 4 is 17.7 Å². The quantitative estimate of drug-likeness (QED) is 0.433. The first-order valence-corrected chi connectivity index (χ1v) is 4.96. The number of rotatable bonds is 5. The standard InChI is InChI=1S/C10H13N3O5/c11-7(15)2-6(14)8(16)5-1-4(10(17)18)3-13-9(5)12/h1,3,6,8,14,16H,2H2,(H2,11,15)(H2,12,13)(H,17,18). The average Bonchev–Trinajstić information content (AvgIpc) is 2.27. The SMILES string of the molecule is NC(=O)CC(O)C(O)c1cc(C(=O)O)cnc1N. The molecule has 0 aromatic carbocycles. The van der Waals surface area contributed by atoms with E-state index >= 15 is 0 Å². The predicted molar refractivity (Wildman–Crippen MR) is 60.4 cm³/mol. The number of aliphatic hydroxyl groups is 2. The maximum atomic E-state index is 10.7. The van der Waals surface area contributed by atoms with E-state index in [9.17, 15) is 19.8 Å². The summed E-state index contributed by atoms with van der Waals surface area (Å²) in [6.07, 6.45) is -2.47. The van der Waals surface area contributed by atoms with E-state index in [1.165, 1.54) is 0 Å². The molecule has 7 N–H and O–H groups in total. The Bertz CT molecular complexity index is 477. The number of hydrogen-bond acceptors (Lipinski definition) is 6. The van der Waals surface area contributed by atoms with E-state index in [1.807, 2.05) is 0 Å². The van der Waals surface area contributed by atoms with Crippen molar-refractivity contribution in [3.63, 3.8) is 0 Å². The summed E-state index contributed by atoms with van der Waals surface area (Å²) in [5.74, 6) is -2.18. The molecule has 1 rings (SSSR count). The Hall–Kier alpha value is -2.19. The second-order valence-corrected chi connectivity index (χ2v) is 3.69. The van der Waals surface area contributed by atoms with Crippen molar-refractivity contribution in [2.24, 2.45) is 5.73 Å². The number of amides is 1. The summed E-state index contributed by atoms with van der Waals surface area (Å²) in [5.41, 5.74) is 10.1. The minimum atomic E-state index is -1.54. The maximum absolute atomic E-state index is 10.7. The van der Waals surface area contributed by atoms with Gasteiger partial charge in [-0.2, -0.15) is 0 Å². The third-order valence-corrected chi connectivity index (χ3v) is 2.29. The zero-order chi connectivity index (χ0) is 13.9. The van der Waals surface area contributed by atoms with E-state index in [-0.39, 0.29) is 16.9 Å². The molecular formula is C10H13N3O5. The van der Waals surface area contributed by atoms with E-state index in [0.29, 0.717) is 0 Å². The third kappa shape index (κ3) is 3.15. The molecule has 0 aliphatic carbocycles. The highest BCUT2D eigenvalue weighted by Crippen LogP contribution is 2.24. The highest BCUT2D eigenvalue weighted by Gasteiger charge is 2.24. The molecule has 1 aromatic heterocycles. The van der Waals surface area contributed by atoms with Crippen LogP contribution in [0.2, 0.25) is 0 Å². The number of pyridine rings is 1. The first-order chi connectivity index (χ1) is 8.32. The Morgan fingerprint density at radius 2 is 2.00 bits per heavy atom. The average molecular weight is 255 g/mol. The smallest absolute Gasteiger partial charge is 0.337 e. The highest BCUT2D eigenvalue weighted by atomic mass is 16.4. The number of aromatic nitrogens is 1. The topological polar surface area (TPSA) is 160 Å². The molecule has 0 radical (unpaired) electrons. The molecule has 1 aromatic rings. The van der Waals surface area contributed by atoms with Crippen LogP contribution in [0.4, 0.5) is 5.82 Å². The largest absolute Gasteiger partial charge is 0.478 e. The summed E-state index contributed by atoms with van der Waals surface area (Å²) < 4.78 is 0. The molecular weight excluding hydrogens is 242 g/mol. The Labute approximate surface area is 102 Å². The summed E-state index contributed by atoms with van der Waals surface area (Å²) in [6.45, 7) is 0. The second kappa shape index (κ2) is 5.43. The minimum Gasteiger partial charge on any atom is -0.478 e. The molecule has 1 heterocycles. The van der Waals surface area contributed by atoms with Gasteiger partial charge in [0.05, 0.1) is 18.1 Å². The maximum Gasteiger partial charge on any atom is 0.337 e. The number of anilines is 1. The molecule has 1 amide bonds. The van der Waals surface area contributed by atoms with Crippen LogP contribution in [0.25, 0.3) is 0 Å². The second-order valence-electron chi connectivity index (χ2n) is 3.69. The van der Waals surface area contributed by atoms with Gasteiger partial charge in [0, 0.05) is 11.8 Å². The number of nitrogens with zero attached hydrogens (tertiary/aromatic N) is 1. The molecule has 0 spiro atoms. The number of nitrogen functional groups attached to an aromatic ring is 1. The molecule has 0 fully saturated rings. The van der Waals surface area contributed by atoms with Crippen molar-refractivity contribution in [2.75, 3.05) is 5.73 Å². The number of nitrogens with two attached hydrogens (primary N) is 2. The first-order valence-electron chi connectivity index (χ1n) is 4.96. The van der Waals surface area contributed by atoms with E-state index in [0.717, 1.165) is 12.3 Å². The number of carboxylic acids is 1. The lowest BCUT2D eigenvalue weighted by Gasteiger charge is -2.18. The van der Waals surface area contributed by atoms with Gasteiger partial charge >= 0.3 is 5.97 Å². The summed E-state index contributed by atoms with van der Waals surface area (Å²) in [7, 11) is 0. The lowest BCUT2D eigenvalue weighted by atomic mass is 10.0. The summed E-state index contributed by atoms with van der Waals surface area (Å²) in [6, 6.07) is 1.08. The van der Waals surface area contributed by atoms with Crippen LogP contribution in [0.3, 0.4) is 0 Å². The van der Waals surface area contributed by atoms with E-state index in [1.54, 1.807) is 0 Å². The molecule has 0 bridgehead atoms. The first kappa shape index (κ1) is 13.9. The molecule has 0 saturated heterocycles. The van der Waals surface area contributed by atoms with Crippen LogP contribution in [0.5, 0.6) is 0 Å². The molecule has 2 unspecified atom stereocenters. The fourth-order valence-corrected chi connectivity index (χ4v) is 1.37. The molecule has 18 heavy (non-hydrogen) atoms. The number of aromatic carboxylic acids is 1. The Kier molecular flexibility index (Phi) is 4.18. The number of hydrogen-bond donors (Lipinski definition) is 5. The van der Waals surface area contributed by atoms with Crippen LogP contribution in [0.1, 0.15) is 28.4 Å².